The molecule has 0 fully saturated rings. The van der Waals surface area contributed by atoms with Crippen LogP contribution in [-0.2, 0) is 0 Å². The molecule has 0 heterocycles. The van der Waals surface area contributed by atoms with Gasteiger partial charge in [-0.2, -0.15) is 0 Å². The van der Waals surface area contributed by atoms with Gasteiger partial charge in [0.15, 0.2) is 0 Å². The number of hydrogen-bond acceptors (Lipinski definition) is 0. The molecule has 0 spiro atoms. The minimum absolute atomic E-state index is 0.380. The van der Waals surface area contributed by atoms with Crippen molar-refractivity contribution in [2.75, 3.05) is 0 Å². The number of allylic oxidation sites excluding steroid dienone is 2. The highest BCUT2D eigenvalue weighted by Crippen LogP contribution is 2.41. The van der Waals surface area contributed by atoms with Crippen LogP contribution < -0.4 is 0 Å². The topological polar surface area (TPSA) is 0 Å². The molecule has 0 aliphatic rings. The quantitative estimate of drug-likeness (QED) is 0.544. The van der Waals surface area contributed by atoms with Gasteiger partial charge < -0.3 is 0 Å². The van der Waals surface area contributed by atoms with Gasteiger partial charge in [0.1, 0.15) is 0 Å². The third-order valence-corrected chi connectivity index (χ3v) is 3.09. The average Bonchev–Trinajstić information content (AvgIpc) is 2.01. The van der Waals surface area contributed by atoms with E-state index in [0.717, 1.165) is 0 Å². The van der Waals surface area contributed by atoms with Gasteiger partial charge in [-0.1, -0.05) is 60.1 Å². The maximum Gasteiger partial charge on any atom is -0.0150 e. The first-order valence-electron chi connectivity index (χ1n) is 6.27. The second kappa shape index (κ2) is 5.18. The number of hydrogen-bond donors (Lipinski definition) is 0. The molecule has 0 aliphatic carbocycles. The van der Waals surface area contributed by atoms with E-state index in [0.29, 0.717) is 16.7 Å². The molecule has 0 radical (unpaired) electrons. The Labute approximate surface area is 97.2 Å². The molecule has 0 saturated heterocycles. The molecule has 15 heavy (non-hydrogen) atoms. The molecule has 0 bridgehead atoms. The zero-order valence-corrected chi connectivity index (χ0v) is 12.1. The molecular formula is C15H30. The van der Waals surface area contributed by atoms with Crippen molar-refractivity contribution in [3.8, 4) is 0 Å². The normalized spacial score (nSPS) is 16.7. The fourth-order valence-corrected chi connectivity index (χ4v) is 2.26. The molecule has 0 saturated carbocycles. The van der Waals surface area contributed by atoms with E-state index >= 15 is 0 Å². The molecular weight excluding hydrogens is 180 g/mol. The van der Waals surface area contributed by atoms with Crippen LogP contribution in [0.25, 0.3) is 0 Å². The molecule has 0 aromatic heterocycles. The van der Waals surface area contributed by atoms with E-state index in [1.165, 1.54) is 12.8 Å². The summed E-state index contributed by atoms with van der Waals surface area (Å²) in [5.41, 5.74) is 2.42. The highest BCUT2D eigenvalue weighted by atomic mass is 14.4. The van der Waals surface area contributed by atoms with Crippen LogP contribution in [0.3, 0.4) is 0 Å². The second-order valence-corrected chi connectivity index (χ2v) is 6.90. The van der Waals surface area contributed by atoms with Crippen molar-refractivity contribution in [3.05, 3.63) is 11.6 Å². The Kier molecular flexibility index (Phi) is 5.09. The van der Waals surface area contributed by atoms with Crippen molar-refractivity contribution in [2.24, 2.45) is 16.7 Å². The zero-order chi connectivity index (χ0) is 12.3. The van der Waals surface area contributed by atoms with Crippen LogP contribution in [-0.4, -0.2) is 0 Å². The molecule has 0 amide bonds. The van der Waals surface area contributed by atoms with Crippen molar-refractivity contribution in [1.82, 2.24) is 0 Å². The van der Waals surface area contributed by atoms with E-state index in [1.54, 1.807) is 5.57 Å². The molecule has 1 atom stereocenters. The lowest BCUT2D eigenvalue weighted by molar-refractivity contribution is 0.193. The van der Waals surface area contributed by atoms with Crippen LogP contribution >= 0.6 is 0 Å². The minimum Gasteiger partial charge on any atom is -0.0882 e. The standard InChI is InChI=1S/C15H30/c1-9-12(10-2)13(15(6,7)8)11-14(3,4)5/h9,13H,10-11H2,1-8H3. The van der Waals surface area contributed by atoms with Gasteiger partial charge in [0, 0.05) is 0 Å². The van der Waals surface area contributed by atoms with Gasteiger partial charge in [0.2, 0.25) is 0 Å². The van der Waals surface area contributed by atoms with E-state index in [-0.39, 0.29) is 0 Å². The average molecular weight is 210 g/mol. The third-order valence-electron chi connectivity index (χ3n) is 3.09. The van der Waals surface area contributed by atoms with E-state index in [4.69, 9.17) is 0 Å². The Morgan fingerprint density at radius 1 is 1.07 bits per heavy atom. The molecule has 0 aliphatic heterocycles. The first-order valence-corrected chi connectivity index (χ1v) is 6.27. The largest absolute Gasteiger partial charge is 0.0882 e. The smallest absolute Gasteiger partial charge is 0.0150 e. The summed E-state index contributed by atoms with van der Waals surface area (Å²) in [7, 11) is 0. The van der Waals surface area contributed by atoms with Gasteiger partial charge in [0.05, 0.1) is 0 Å². The van der Waals surface area contributed by atoms with E-state index in [2.05, 4.69) is 61.5 Å². The van der Waals surface area contributed by atoms with E-state index in [9.17, 15) is 0 Å². The predicted octanol–water partition coefficient (Wildman–Crippen LogP) is 5.44. The lowest BCUT2D eigenvalue weighted by atomic mass is 9.68. The Morgan fingerprint density at radius 3 is 1.73 bits per heavy atom. The van der Waals surface area contributed by atoms with Crippen LogP contribution in [0.15, 0.2) is 11.6 Å². The molecule has 1 unspecified atom stereocenters. The first-order chi connectivity index (χ1) is 6.61. The number of rotatable bonds is 3. The van der Waals surface area contributed by atoms with Gasteiger partial charge in [0.25, 0.3) is 0 Å². The summed E-state index contributed by atoms with van der Waals surface area (Å²) < 4.78 is 0. The summed E-state index contributed by atoms with van der Waals surface area (Å²) in [5, 5.41) is 0. The van der Waals surface area contributed by atoms with Crippen LogP contribution in [0, 0.1) is 16.7 Å². The summed E-state index contributed by atoms with van der Waals surface area (Å²) in [6.45, 7) is 18.6. The lowest BCUT2D eigenvalue weighted by Gasteiger charge is -2.37. The van der Waals surface area contributed by atoms with Crippen LogP contribution in [0.2, 0.25) is 0 Å². The molecule has 0 aromatic rings. The minimum atomic E-state index is 0.380. The maximum absolute atomic E-state index is 2.36. The Morgan fingerprint density at radius 2 is 1.53 bits per heavy atom. The molecule has 0 heteroatoms. The van der Waals surface area contributed by atoms with Gasteiger partial charge in [-0.25, -0.2) is 0 Å². The van der Waals surface area contributed by atoms with E-state index in [1.807, 2.05) is 0 Å². The van der Waals surface area contributed by atoms with Crippen molar-refractivity contribution < 1.29 is 0 Å². The highest BCUT2D eigenvalue weighted by molar-refractivity contribution is 5.09. The summed E-state index contributed by atoms with van der Waals surface area (Å²) >= 11 is 0. The van der Waals surface area contributed by atoms with Crippen LogP contribution in [0.4, 0.5) is 0 Å². The highest BCUT2D eigenvalue weighted by Gasteiger charge is 2.30. The van der Waals surface area contributed by atoms with Crippen molar-refractivity contribution >= 4 is 0 Å². The zero-order valence-electron chi connectivity index (χ0n) is 12.1. The van der Waals surface area contributed by atoms with Crippen molar-refractivity contribution in [1.29, 1.82) is 0 Å². The Hall–Kier alpha value is -0.260. The second-order valence-electron chi connectivity index (χ2n) is 6.90. The monoisotopic (exact) mass is 210 g/mol. The van der Waals surface area contributed by atoms with Crippen molar-refractivity contribution in [3.63, 3.8) is 0 Å². The lowest BCUT2D eigenvalue weighted by Crippen LogP contribution is -2.27. The first kappa shape index (κ1) is 14.7. The van der Waals surface area contributed by atoms with Gasteiger partial charge >= 0.3 is 0 Å². The Balaban J connectivity index is 4.91. The molecule has 0 nitrogen and oxygen atoms in total. The Bertz CT molecular complexity index is 207. The summed E-state index contributed by atoms with van der Waals surface area (Å²) in [4.78, 5) is 0. The van der Waals surface area contributed by atoms with Gasteiger partial charge in [-0.15, -0.1) is 0 Å². The molecule has 0 N–H and O–H groups in total. The van der Waals surface area contributed by atoms with Crippen LogP contribution in [0.5, 0.6) is 0 Å². The third kappa shape index (κ3) is 5.39. The van der Waals surface area contributed by atoms with Gasteiger partial charge in [-0.05, 0) is 36.5 Å². The van der Waals surface area contributed by atoms with Crippen molar-refractivity contribution in [2.45, 2.75) is 68.2 Å². The summed E-state index contributed by atoms with van der Waals surface area (Å²) in [6, 6.07) is 0. The van der Waals surface area contributed by atoms with E-state index < -0.39 is 0 Å². The molecule has 0 rings (SSSR count). The fraction of sp³-hybridized carbons (Fsp3) is 0.867. The fourth-order valence-electron chi connectivity index (χ4n) is 2.26. The van der Waals surface area contributed by atoms with Crippen LogP contribution in [0.1, 0.15) is 68.2 Å². The molecule has 0 aromatic carbocycles. The van der Waals surface area contributed by atoms with Gasteiger partial charge in [-0.3, -0.25) is 0 Å². The SMILES string of the molecule is CC=C(CC)C(CC(C)(C)C)C(C)(C)C. The predicted molar refractivity (Wildman–Crippen MR) is 71.1 cm³/mol. The summed E-state index contributed by atoms with van der Waals surface area (Å²) in [6.07, 6.45) is 4.79. The molecule has 90 valence electrons. The maximum atomic E-state index is 2.36. The summed E-state index contributed by atoms with van der Waals surface area (Å²) in [5.74, 6) is 0.715.